The zero-order valence-electron chi connectivity index (χ0n) is 7.65. The molecule has 1 N–H and O–H groups in total. The molecule has 1 atom stereocenters. The average Bonchev–Trinajstić information content (AvgIpc) is 2.69. The van der Waals surface area contributed by atoms with Crippen molar-refractivity contribution in [3.8, 4) is 0 Å². The van der Waals surface area contributed by atoms with E-state index >= 15 is 0 Å². The van der Waals surface area contributed by atoms with Gasteiger partial charge in [-0.25, -0.2) is 4.39 Å². The van der Waals surface area contributed by atoms with Crippen LogP contribution in [0.25, 0.3) is 0 Å². The molecule has 2 aromatic rings. The first-order chi connectivity index (χ1) is 7.20. The van der Waals surface area contributed by atoms with E-state index in [0.29, 0.717) is 5.56 Å². The van der Waals surface area contributed by atoms with Crippen molar-refractivity contribution in [2.24, 2.45) is 0 Å². The van der Waals surface area contributed by atoms with Crippen LogP contribution in [-0.4, -0.2) is 5.11 Å². The van der Waals surface area contributed by atoms with Gasteiger partial charge >= 0.3 is 0 Å². The molecule has 1 aromatic heterocycles. The van der Waals surface area contributed by atoms with Crippen LogP contribution in [0.1, 0.15) is 17.2 Å². The molecular formula is C11H8ClFO2. The second-order valence-corrected chi connectivity index (χ2v) is 3.50. The van der Waals surface area contributed by atoms with Crippen LogP contribution in [0, 0.1) is 5.82 Å². The van der Waals surface area contributed by atoms with E-state index in [4.69, 9.17) is 16.0 Å². The van der Waals surface area contributed by atoms with Gasteiger partial charge in [-0.15, -0.1) is 0 Å². The number of hydrogen-bond acceptors (Lipinski definition) is 2. The zero-order chi connectivity index (χ0) is 10.8. The third-order valence-electron chi connectivity index (χ3n) is 2.13. The molecule has 78 valence electrons. The van der Waals surface area contributed by atoms with Gasteiger partial charge in [0.2, 0.25) is 0 Å². The number of halogens is 2. The molecule has 0 saturated heterocycles. The van der Waals surface area contributed by atoms with E-state index in [2.05, 4.69) is 0 Å². The van der Waals surface area contributed by atoms with E-state index < -0.39 is 11.9 Å². The molecule has 1 heterocycles. The maximum Gasteiger partial charge on any atom is 0.130 e. The summed E-state index contributed by atoms with van der Waals surface area (Å²) in [6.07, 6.45) is 1.67. The fourth-order valence-corrected chi connectivity index (χ4v) is 1.64. The van der Waals surface area contributed by atoms with Crippen molar-refractivity contribution in [3.05, 3.63) is 58.8 Å². The molecule has 0 aliphatic rings. The summed E-state index contributed by atoms with van der Waals surface area (Å²) in [5, 5.41) is 10.1. The monoisotopic (exact) mass is 226 g/mol. The highest BCUT2D eigenvalue weighted by Gasteiger charge is 2.18. The quantitative estimate of drug-likeness (QED) is 0.853. The smallest absolute Gasteiger partial charge is 0.130 e. The largest absolute Gasteiger partial charge is 0.472 e. The van der Waals surface area contributed by atoms with Crippen LogP contribution < -0.4 is 0 Å². The summed E-state index contributed by atoms with van der Waals surface area (Å²) in [5.74, 6) is -0.531. The van der Waals surface area contributed by atoms with Crippen LogP contribution in [0.15, 0.2) is 41.2 Å². The van der Waals surface area contributed by atoms with E-state index in [9.17, 15) is 9.50 Å². The Kier molecular flexibility index (Phi) is 2.75. The molecule has 0 amide bonds. The Hall–Kier alpha value is -1.32. The van der Waals surface area contributed by atoms with Crippen molar-refractivity contribution < 1.29 is 13.9 Å². The molecule has 2 nitrogen and oxygen atoms in total. The highest BCUT2D eigenvalue weighted by atomic mass is 35.5. The van der Waals surface area contributed by atoms with Gasteiger partial charge in [0.15, 0.2) is 0 Å². The van der Waals surface area contributed by atoms with Crippen molar-refractivity contribution in [2.45, 2.75) is 6.10 Å². The molecule has 0 spiro atoms. The van der Waals surface area contributed by atoms with Gasteiger partial charge in [-0.2, -0.15) is 0 Å². The number of benzene rings is 1. The third-order valence-corrected chi connectivity index (χ3v) is 2.46. The Balaban J connectivity index is 2.46. The van der Waals surface area contributed by atoms with E-state index in [-0.39, 0.29) is 10.6 Å². The number of aliphatic hydroxyl groups excluding tert-OH is 1. The minimum atomic E-state index is -1.10. The van der Waals surface area contributed by atoms with Gasteiger partial charge in [0.1, 0.15) is 11.9 Å². The maximum atomic E-state index is 13.4. The van der Waals surface area contributed by atoms with Crippen molar-refractivity contribution in [1.82, 2.24) is 0 Å². The summed E-state index contributed by atoms with van der Waals surface area (Å²) in [5.41, 5.74) is 0.544. The highest BCUT2D eigenvalue weighted by Crippen LogP contribution is 2.30. The van der Waals surface area contributed by atoms with Gasteiger partial charge in [0.25, 0.3) is 0 Å². The van der Waals surface area contributed by atoms with Crippen LogP contribution in [0.5, 0.6) is 0 Å². The van der Waals surface area contributed by atoms with E-state index in [0.717, 1.165) is 0 Å². The number of aliphatic hydroxyl groups is 1. The van der Waals surface area contributed by atoms with Crippen molar-refractivity contribution >= 4 is 11.6 Å². The van der Waals surface area contributed by atoms with Gasteiger partial charge < -0.3 is 9.52 Å². The summed E-state index contributed by atoms with van der Waals surface area (Å²) in [7, 11) is 0. The van der Waals surface area contributed by atoms with E-state index in [1.165, 1.54) is 30.7 Å². The Morgan fingerprint density at radius 3 is 2.73 bits per heavy atom. The van der Waals surface area contributed by atoms with E-state index in [1.54, 1.807) is 6.07 Å². The second kappa shape index (κ2) is 4.04. The molecule has 1 aromatic carbocycles. The molecule has 0 aliphatic heterocycles. The lowest BCUT2D eigenvalue weighted by atomic mass is 10.0. The van der Waals surface area contributed by atoms with Crippen LogP contribution in [-0.2, 0) is 0 Å². The molecule has 2 rings (SSSR count). The topological polar surface area (TPSA) is 33.4 Å². The Labute approximate surface area is 90.9 Å². The van der Waals surface area contributed by atoms with Crippen molar-refractivity contribution in [3.63, 3.8) is 0 Å². The average molecular weight is 227 g/mol. The standard InChI is InChI=1S/C11H8ClFO2/c12-8-2-1-3-9(13)10(8)11(14)7-4-5-15-6-7/h1-6,11,14H. The SMILES string of the molecule is OC(c1ccoc1)c1c(F)cccc1Cl. The van der Waals surface area contributed by atoms with Gasteiger partial charge in [-0.1, -0.05) is 17.7 Å². The number of rotatable bonds is 2. The van der Waals surface area contributed by atoms with Crippen LogP contribution in [0.4, 0.5) is 4.39 Å². The summed E-state index contributed by atoms with van der Waals surface area (Å²) in [6, 6.07) is 5.84. The molecular weight excluding hydrogens is 219 g/mol. The minimum Gasteiger partial charge on any atom is -0.472 e. The lowest BCUT2D eigenvalue weighted by molar-refractivity contribution is 0.214. The Morgan fingerprint density at radius 2 is 2.13 bits per heavy atom. The van der Waals surface area contributed by atoms with Crippen molar-refractivity contribution in [2.75, 3.05) is 0 Å². The van der Waals surface area contributed by atoms with Gasteiger partial charge in [-0.3, -0.25) is 0 Å². The normalized spacial score (nSPS) is 12.7. The molecule has 1 unspecified atom stereocenters. The third kappa shape index (κ3) is 1.89. The van der Waals surface area contributed by atoms with Gasteiger partial charge in [0.05, 0.1) is 12.5 Å². The predicted molar refractivity (Wildman–Crippen MR) is 54.2 cm³/mol. The summed E-state index contributed by atoms with van der Waals surface area (Å²) >= 11 is 5.81. The first-order valence-electron chi connectivity index (χ1n) is 4.34. The predicted octanol–water partition coefficient (Wildman–Crippen LogP) is 3.15. The lowest BCUT2D eigenvalue weighted by Gasteiger charge is -2.11. The summed E-state index contributed by atoms with van der Waals surface area (Å²) in [6.45, 7) is 0. The first kappa shape index (κ1) is 10.2. The summed E-state index contributed by atoms with van der Waals surface area (Å²) < 4.78 is 18.2. The maximum absolute atomic E-state index is 13.4. The zero-order valence-corrected chi connectivity index (χ0v) is 8.41. The summed E-state index contributed by atoms with van der Waals surface area (Å²) in [4.78, 5) is 0. The van der Waals surface area contributed by atoms with Crippen LogP contribution >= 0.6 is 11.6 Å². The first-order valence-corrected chi connectivity index (χ1v) is 4.72. The fraction of sp³-hybridized carbons (Fsp3) is 0.0909. The molecule has 0 saturated carbocycles. The van der Waals surface area contributed by atoms with Gasteiger partial charge in [0, 0.05) is 16.1 Å². The second-order valence-electron chi connectivity index (χ2n) is 3.09. The number of furan rings is 1. The molecule has 0 bridgehead atoms. The van der Waals surface area contributed by atoms with Gasteiger partial charge in [-0.05, 0) is 18.2 Å². The van der Waals surface area contributed by atoms with Crippen molar-refractivity contribution in [1.29, 1.82) is 0 Å². The van der Waals surface area contributed by atoms with Crippen LogP contribution in [0.2, 0.25) is 5.02 Å². The fourth-order valence-electron chi connectivity index (χ4n) is 1.37. The number of hydrogen-bond donors (Lipinski definition) is 1. The highest BCUT2D eigenvalue weighted by molar-refractivity contribution is 6.31. The van der Waals surface area contributed by atoms with E-state index in [1.807, 2.05) is 0 Å². The molecule has 0 radical (unpaired) electrons. The minimum absolute atomic E-state index is 0.0700. The Morgan fingerprint density at radius 1 is 1.33 bits per heavy atom. The molecule has 4 heteroatoms. The Bertz CT molecular complexity index is 433. The van der Waals surface area contributed by atoms with Crippen LogP contribution in [0.3, 0.4) is 0 Å². The molecule has 0 aliphatic carbocycles. The molecule has 0 fully saturated rings. The lowest BCUT2D eigenvalue weighted by Crippen LogP contribution is -2.02. The molecule has 15 heavy (non-hydrogen) atoms.